The van der Waals surface area contributed by atoms with Gasteiger partial charge in [-0.3, -0.25) is 9.78 Å². The molecule has 23 heavy (non-hydrogen) atoms. The number of pyridine rings is 1. The maximum Gasteiger partial charge on any atom is 0.223 e. The average molecular weight is 314 g/mol. The molecule has 3 fully saturated rings. The second kappa shape index (κ2) is 5.90. The Balaban J connectivity index is 1.37. The minimum atomic E-state index is 0.142. The lowest BCUT2D eigenvalue weighted by Gasteiger charge is -2.54. The Kier molecular flexibility index (Phi) is 3.88. The van der Waals surface area contributed by atoms with Gasteiger partial charge in [-0.1, -0.05) is 18.9 Å². The minimum absolute atomic E-state index is 0.142. The second-order valence-electron chi connectivity index (χ2n) is 7.42. The van der Waals surface area contributed by atoms with Crippen molar-refractivity contribution in [2.24, 2.45) is 11.3 Å². The molecule has 1 amide bonds. The van der Waals surface area contributed by atoms with E-state index >= 15 is 0 Å². The molecule has 4 heteroatoms. The zero-order valence-electron chi connectivity index (χ0n) is 13.8. The molecule has 0 saturated heterocycles. The molecule has 0 aromatic carbocycles. The summed E-state index contributed by atoms with van der Waals surface area (Å²) >= 11 is 0. The quantitative estimate of drug-likeness (QED) is 0.909. The first-order valence-electron chi connectivity index (χ1n) is 9.06. The summed E-state index contributed by atoms with van der Waals surface area (Å²) in [4.78, 5) is 16.8. The molecule has 4 nitrogen and oxygen atoms in total. The Hall–Kier alpha value is -1.42. The highest BCUT2D eigenvalue weighted by atomic mass is 16.5. The van der Waals surface area contributed by atoms with Crippen LogP contribution < -0.4 is 5.32 Å². The van der Waals surface area contributed by atoms with Crippen LogP contribution in [0.5, 0.6) is 0 Å². The zero-order chi connectivity index (χ0) is 15.9. The van der Waals surface area contributed by atoms with Crippen molar-refractivity contribution in [3.05, 3.63) is 30.1 Å². The Bertz CT molecular complexity index is 568. The predicted octanol–water partition coefficient (Wildman–Crippen LogP) is 3.04. The van der Waals surface area contributed by atoms with E-state index in [1.807, 2.05) is 12.3 Å². The SMILES string of the molecule is CCO[C@@H]1C[C@H](NC(=O)[C@H]2C[C@@H]2c2cccnc2)C12CCCC2. The van der Waals surface area contributed by atoms with Gasteiger partial charge in [0.05, 0.1) is 6.10 Å². The van der Waals surface area contributed by atoms with Crippen molar-refractivity contribution in [2.75, 3.05) is 6.61 Å². The molecule has 0 aliphatic heterocycles. The summed E-state index contributed by atoms with van der Waals surface area (Å²) in [5.74, 6) is 0.750. The fourth-order valence-corrected chi connectivity index (χ4v) is 4.82. The largest absolute Gasteiger partial charge is 0.378 e. The summed E-state index contributed by atoms with van der Waals surface area (Å²) in [6.45, 7) is 2.84. The molecule has 4 atom stereocenters. The van der Waals surface area contributed by atoms with Crippen molar-refractivity contribution >= 4 is 5.91 Å². The number of ether oxygens (including phenoxy) is 1. The lowest BCUT2D eigenvalue weighted by Crippen LogP contribution is -2.64. The van der Waals surface area contributed by atoms with E-state index in [1.165, 1.54) is 31.2 Å². The molecule has 3 aliphatic carbocycles. The normalized spacial score (nSPS) is 34.1. The smallest absolute Gasteiger partial charge is 0.223 e. The summed E-state index contributed by atoms with van der Waals surface area (Å²) in [6, 6.07) is 4.36. The highest BCUT2D eigenvalue weighted by molar-refractivity contribution is 5.83. The van der Waals surface area contributed by atoms with Crippen molar-refractivity contribution in [1.29, 1.82) is 0 Å². The Morgan fingerprint density at radius 1 is 1.39 bits per heavy atom. The molecule has 0 radical (unpaired) electrons. The van der Waals surface area contributed by atoms with Crippen molar-refractivity contribution in [3.8, 4) is 0 Å². The van der Waals surface area contributed by atoms with Crippen LogP contribution in [-0.4, -0.2) is 29.6 Å². The fourth-order valence-electron chi connectivity index (χ4n) is 4.82. The molecule has 3 aliphatic rings. The van der Waals surface area contributed by atoms with Gasteiger partial charge in [0.15, 0.2) is 0 Å². The molecular formula is C19H26N2O2. The maximum atomic E-state index is 12.6. The van der Waals surface area contributed by atoms with Crippen molar-refractivity contribution in [2.45, 2.75) is 63.5 Å². The third-order valence-electron chi connectivity index (χ3n) is 6.24. The van der Waals surface area contributed by atoms with Gasteiger partial charge in [-0.05, 0) is 50.2 Å². The van der Waals surface area contributed by atoms with Crippen LogP contribution in [-0.2, 0) is 9.53 Å². The van der Waals surface area contributed by atoms with Crippen LogP contribution in [0.25, 0.3) is 0 Å². The number of nitrogens with zero attached hydrogens (tertiary/aromatic N) is 1. The number of hydrogen-bond acceptors (Lipinski definition) is 3. The average Bonchev–Trinajstić information content (AvgIpc) is 3.21. The minimum Gasteiger partial charge on any atom is -0.378 e. The highest BCUT2D eigenvalue weighted by Crippen LogP contribution is 2.55. The highest BCUT2D eigenvalue weighted by Gasteiger charge is 2.58. The first-order valence-corrected chi connectivity index (χ1v) is 9.06. The molecule has 4 rings (SSSR count). The van der Waals surface area contributed by atoms with E-state index in [1.54, 1.807) is 6.20 Å². The molecule has 0 unspecified atom stereocenters. The number of nitrogens with one attached hydrogen (secondary N) is 1. The van der Waals surface area contributed by atoms with Gasteiger partial charge in [-0.2, -0.15) is 0 Å². The van der Waals surface area contributed by atoms with Crippen LogP contribution >= 0.6 is 0 Å². The van der Waals surface area contributed by atoms with Crippen LogP contribution in [0.15, 0.2) is 24.5 Å². The number of rotatable bonds is 5. The van der Waals surface area contributed by atoms with Gasteiger partial charge < -0.3 is 10.1 Å². The second-order valence-corrected chi connectivity index (χ2v) is 7.42. The number of carbonyl (C=O) groups is 1. The Labute approximate surface area is 138 Å². The van der Waals surface area contributed by atoms with Crippen molar-refractivity contribution in [1.82, 2.24) is 10.3 Å². The van der Waals surface area contributed by atoms with Gasteiger partial charge in [-0.15, -0.1) is 0 Å². The summed E-state index contributed by atoms with van der Waals surface area (Å²) in [5, 5.41) is 3.36. The lowest BCUT2D eigenvalue weighted by molar-refractivity contribution is -0.144. The van der Waals surface area contributed by atoms with Gasteiger partial charge in [0.1, 0.15) is 0 Å². The maximum absolute atomic E-state index is 12.6. The predicted molar refractivity (Wildman–Crippen MR) is 87.9 cm³/mol. The third-order valence-corrected chi connectivity index (χ3v) is 6.24. The van der Waals surface area contributed by atoms with Crippen molar-refractivity contribution in [3.63, 3.8) is 0 Å². The van der Waals surface area contributed by atoms with Gasteiger partial charge in [0.2, 0.25) is 5.91 Å². The molecule has 1 spiro atoms. The fraction of sp³-hybridized carbons (Fsp3) is 0.684. The van der Waals surface area contributed by atoms with E-state index in [-0.39, 0.29) is 17.2 Å². The standard InChI is InChI=1S/C19H26N2O2/c1-2-23-17-11-16(19(17)7-3-4-8-19)21-18(22)15-10-14(15)13-6-5-9-20-12-13/h5-6,9,12,14-17H,2-4,7-8,10-11H2,1H3,(H,21,22)/t14-,15+,16+,17-/m1/s1. The lowest BCUT2D eigenvalue weighted by atomic mass is 9.60. The van der Waals surface area contributed by atoms with Gasteiger partial charge >= 0.3 is 0 Å². The number of hydrogen-bond donors (Lipinski definition) is 1. The van der Waals surface area contributed by atoms with E-state index in [4.69, 9.17) is 4.74 Å². The molecule has 1 N–H and O–H groups in total. The Morgan fingerprint density at radius 3 is 2.91 bits per heavy atom. The molecular weight excluding hydrogens is 288 g/mol. The summed E-state index contributed by atoms with van der Waals surface area (Å²) in [5.41, 5.74) is 1.42. The Morgan fingerprint density at radius 2 is 2.22 bits per heavy atom. The molecule has 1 aromatic heterocycles. The van der Waals surface area contributed by atoms with E-state index in [2.05, 4.69) is 23.3 Å². The van der Waals surface area contributed by atoms with Crippen LogP contribution in [0.1, 0.15) is 56.9 Å². The number of amides is 1. The van der Waals surface area contributed by atoms with E-state index in [9.17, 15) is 4.79 Å². The molecule has 1 heterocycles. The van der Waals surface area contributed by atoms with E-state index < -0.39 is 0 Å². The van der Waals surface area contributed by atoms with Crippen LogP contribution in [0, 0.1) is 11.3 Å². The van der Waals surface area contributed by atoms with Crippen LogP contribution in [0.2, 0.25) is 0 Å². The first-order chi connectivity index (χ1) is 11.2. The van der Waals surface area contributed by atoms with Crippen LogP contribution in [0.4, 0.5) is 0 Å². The van der Waals surface area contributed by atoms with E-state index in [0.29, 0.717) is 18.1 Å². The van der Waals surface area contributed by atoms with Crippen molar-refractivity contribution < 1.29 is 9.53 Å². The monoisotopic (exact) mass is 314 g/mol. The number of carbonyl (C=O) groups excluding carboxylic acids is 1. The van der Waals surface area contributed by atoms with Gasteiger partial charge in [-0.25, -0.2) is 0 Å². The summed E-state index contributed by atoms with van der Waals surface area (Å²) < 4.78 is 5.93. The van der Waals surface area contributed by atoms with Gasteiger partial charge in [0.25, 0.3) is 0 Å². The van der Waals surface area contributed by atoms with E-state index in [0.717, 1.165) is 19.4 Å². The molecule has 3 saturated carbocycles. The number of aromatic nitrogens is 1. The molecule has 0 bridgehead atoms. The molecule has 124 valence electrons. The topological polar surface area (TPSA) is 51.2 Å². The molecule has 1 aromatic rings. The first kappa shape index (κ1) is 15.1. The van der Waals surface area contributed by atoms with Gasteiger partial charge in [0, 0.05) is 36.4 Å². The zero-order valence-corrected chi connectivity index (χ0v) is 13.8. The third kappa shape index (κ3) is 2.57. The van der Waals surface area contributed by atoms with Crippen LogP contribution in [0.3, 0.4) is 0 Å². The summed E-state index contributed by atoms with van der Waals surface area (Å²) in [6.07, 6.45) is 11.0. The summed E-state index contributed by atoms with van der Waals surface area (Å²) in [7, 11) is 0.